The van der Waals surface area contributed by atoms with Gasteiger partial charge in [0.1, 0.15) is 17.7 Å². The van der Waals surface area contributed by atoms with Gasteiger partial charge in [0.25, 0.3) is 0 Å². The predicted molar refractivity (Wildman–Crippen MR) is 149 cm³/mol. The van der Waals surface area contributed by atoms with Crippen LogP contribution in [0.15, 0.2) is 18.3 Å². The van der Waals surface area contributed by atoms with Crippen LogP contribution in [0.25, 0.3) is 0 Å². The van der Waals surface area contributed by atoms with Gasteiger partial charge in [0.15, 0.2) is 0 Å². The first-order chi connectivity index (χ1) is 18.1. The molecule has 4 rings (SSSR count). The van der Waals surface area contributed by atoms with Crippen LogP contribution in [-0.4, -0.2) is 83.3 Å². The lowest BCUT2D eigenvalue weighted by Gasteiger charge is -2.33. The quantitative estimate of drug-likeness (QED) is 0.460. The molecule has 0 aliphatic carbocycles. The maximum absolute atomic E-state index is 13.3. The molecular formula is C26H34N8O3S. The maximum Gasteiger partial charge on any atom is 0.328 e. The largest absolute Gasteiger partial charge is 0.481 e. The second-order valence-electron chi connectivity index (χ2n) is 10.3. The number of amides is 3. The van der Waals surface area contributed by atoms with E-state index < -0.39 is 0 Å². The molecule has 0 atom stereocenters. The van der Waals surface area contributed by atoms with Crippen molar-refractivity contribution in [1.82, 2.24) is 19.8 Å². The molecule has 0 saturated carbocycles. The van der Waals surface area contributed by atoms with E-state index in [1.165, 1.54) is 6.20 Å². The molecule has 1 fully saturated rings. The first-order valence-electron chi connectivity index (χ1n) is 12.6. The fourth-order valence-corrected chi connectivity index (χ4v) is 4.54. The monoisotopic (exact) mass is 538 g/mol. The fourth-order valence-electron chi connectivity index (χ4n) is 4.46. The van der Waals surface area contributed by atoms with Crippen molar-refractivity contribution in [2.45, 2.75) is 38.0 Å². The van der Waals surface area contributed by atoms with E-state index >= 15 is 0 Å². The Morgan fingerprint density at radius 3 is 2.76 bits per heavy atom. The number of anilines is 3. The van der Waals surface area contributed by atoms with Crippen molar-refractivity contribution < 1.29 is 14.3 Å². The fraction of sp³-hybridized carbons (Fsp3) is 0.500. The second-order valence-corrected chi connectivity index (χ2v) is 11.5. The number of ether oxygens (including phenoxy) is 1. The summed E-state index contributed by atoms with van der Waals surface area (Å²) in [7, 11) is 3.47. The Morgan fingerprint density at radius 2 is 2.08 bits per heavy atom. The highest BCUT2D eigenvalue weighted by atomic mass is 32.1. The molecule has 0 unspecified atom stereocenters. The molecule has 11 nitrogen and oxygen atoms in total. The third kappa shape index (κ3) is 6.46. The Kier molecular flexibility index (Phi) is 8.28. The van der Waals surface area contributed by atoms with Crippen molar-refractivity contribution in [1.29, 1.82) is 5.26 Å². The van der Waals surface area contributed by atoms with Crippen LogP contribution < -0.4 is 20.3 Å². The molecule has 2 aromatic heterocycles. The number of carbonyl (C=O) groups excluding carboxylic acids is 2. The molecule has 4 heterocycles. The highest BCUT2D eigenvalue weighted by Gasteiger charge is 2.28. The topological polar surface area (TPSA) is 127 Å². The Morgan fingerprint density at radius 1 is 1.29 bits per heavy atom. The number of fused-ring (bicyclic) bond motifs is 1. The lowest BCUT2D eigenvalue weighted by atomic mass is 10.0. The van der Waals surface area contributed by atoms with Crippen LogP contribution >= 0.6 is 12.6 Å². The predicted octanol–water partition coefficient (Wildman–Crippen LogP) is 2.74. The number of hydrogen-bond acceptors (Lipinski definition) is 9. The summed E-state index contributed by atoms with van der Waals surface area (Å²) in [6.07, 6.45) is 2.97. The van der Waals surface area contributed by atoms with Gasteiger partial charge < -0.3 is 15.0 Å². The number of rotatable bonds is 7. The molecule has 2 aromatic rings. The van der Waals surface area contributed by atoms with Gasteiger partial charge in [0.2, 0.25) is 11.8 Å². The number of nitriles is 1. The summed E-state index contributed by atoms with van der Waals surface area (Å²) in [4.78, 5) is 40.2. The van der Waals surface area contributed by atoms with Gasteiger partial charge in [-0.25, -0.2) is 9.78 Å². The average Bonchev–Trinajstić information content (AvgIpc) is 2.87. The zero-order chi connectivity index (χ0) is 27.4. The van der Waals surface area contributed by atoms with E-state index in [1.54, 1.807) is 18.1 Å². The van der Waals surface area contributed by atoms with Gasteiger partial charge in [0, 0.05) is 48.8 Å². The molecule has 202 valence electrons. The molecule has 2 aliphatic heterocycles. The normalized spacial score (nSPS) is 16.1. The summed E-state index contributed by atoms with van der Waals surface area (Å²) in [5.74, 6) is 1.31. The molecule has 2 N–H and O–H groups in total. The van der Waals surface area contributed by atoms with E-state index in [9.17, 15) is 14.9 Å². The standard InChI is InChI=1S/C26H34N8O3S/c1-26(2,38)16-29-20-11-21(28-13-19(20)12-27)30-25(36)34-7-5-6-17-10-18(24(37-4)31-23(17)34)14-33-9-8-32(3)15-22(33)35/h10-11,13,38H,5-9,14-16H2,1-4H3,(H2,28,29,30,36). The molecule has 0 spiro atoms. The summed E-state index contributed by atoms with van der Waals surface area (Å²) in [6, 6.07) is 5.38. The number of methoxy groups -OCH3 is 1. The van der Waals surface area contributed by atoms with Crippen molar-refractivity contribution in [3.63, 3.8) is 0 Å². The van der Waals surface area contributed by atoms with Gasteiger partial charge in [-0.3, -0.25) is 19.9 Å². The third-order valence-electron chi connectivity index (χ3n) is 6.48. The lowest BCUT2D eigenvalue weighted by molar-refractivity contribution is -0.136. The number of hydrogen-bond donors (Lipinski definition) is 3. The van der Waals surface area contributed by atoms with E-state index in [1.807, 2.05) is 36.8 Å². The van der Waals surface area contributed by atoms with Gasteiger partial charge in [-0.1, -0.05) is 0 Å². The first kappa shape index (κ1) is 27.5. The Labute approximate surface area is 228 Å². The first-order valence-corrected chi connectivity index (χ1v) is 13.0. The van der Waals surface area contributed by atoms with Gasteiger partial charge >= 0.3 is 6.03 Å². The van der Waals surface area contributed by atoms with E-state index in [4.69, 9.17) is 9.72 Å². The minimum atomic E-state index is -0.375. The van der Waals surface area contributed by atoms with Crippen LogP contribution in [0.2, 0.25) is 0 Å². The molecule has 3 amide bonds. The molecule has 0 aromatic carbocycles. The molecule has 1 saturated heterocycles. The number of aromatic nitrogens is 2. The minimum absolute atomic E-state index is 0.0706. The van der Waals surface area contributed by atoms with E-state index in [0.29, 0.717) is 61.5 Å². The number of nitrogens with one attached hydrogen (secondary N) is 2. The van der Waals surface area contributed by atoms with E-state index in [-0.39, 0.29) is 16.7 Å². The van der Waals surface area contributed by atoms with Gasteiger partial charge in [-0.15, -0.1) is 0 Å². The van der Waals surface area contributed by atoms with E-state index in [0.717, 1.165) is 30.5 Å². The summed E-state index contributed by atoms with van der Waals surface area (Å²) in [5.41, 5.74) is 2.70. The van der Waals surface area contributed by atoms with Crippen LogP contribution in [0, 0.1) is 11.3 Å². The molecule has 38 heavy (non-hydrogen) atoms. The van der Waals surface area contributed by atoms with Crippen LogP contribution in [-0.2, 0) is 17.8 Å². The zero-order valence-electron chi connectivity index (χ0n) is 22.2. The molecule has 0 radical (unpaired) electrons. The van der Waals surface area contributed by atoms with Crippen LogP contribution in [0.3, 0.4) is 0 Å². The van der Waals surface area contributed by atoms with Crippen molar-refractivity contribution in [3.8, 4) is 11.9 Å². The number of carbonyl (C=O) groups is 2. The number of nitrogens with zero attached hydrogens (tertiary/aromatic N) is 6. The summed E-state index contributed by atoms with van der Waals surface area (Å²) < 4.78 is 5.28. The number of aryl methyl sites for hydroxylation is 1. The van der Waals surface area contributed by atoms with Crippen molar-refractivity contribution in [2.75, 3.05) is 62.4 Å². The Bertz CT molecular complexity index is 1260. The van der Waals surface area contributed by atoms with Crippen molar-refractivity contribution >= 4 is 41.9 Å². The van der Waals surface area contributed by atoms with Gasteiger partial charge in [-0.05, 0) is 45.4 Å². The Balaban J connectivity index is 1.53. The zero-order valence-corrected chi connectivity index (χ0v) is 23.1. The number of urea groups is 1. The number of thiol groups is 1. The molecule has 12 heteroatoms. The smallest absolute Gasteiger partial charge is 0.328 e. The van der Waals surface area contributed by atoms with Crippen LogP contribution in [0.5, 0.6) is 5.88 Å². The number of likely N-dealkylation sites (N-methyl/N-ethyl adjacent to an activating group) is 1. The lowest BCUT2D eigenvalue weighted by Crippen LogP contribution is -2.48. The third-order valence-corrected chi connectivity index (χ3v) is 6.64. The number of pyridine rings is 2. The highest BCUT2D eigenvalue weighted by molar-refractivity contribution is 7.81. The molecular weight excluding hydrogens is 504 g/mol. The van der Waals surface area contributed by atoms with Gasteiger partial charge in [0.05, 0.1) is 31.5 Å². The second kappa shape index (κ2) is 11.4. The van der Waals surface area contributed by atoms with Crippen LogP contribution in [0.1, 0.15) is 37.0 Å². The van der Waals surface area contributed by atoms with E-state index in [2.05, 4.69) is 34.3 Å². The summed E-state index contributed by atoms with van der Waals surface area (Å²) >= 11 is 4.52. The Hall–Kier alpha value is -3.56. The van der Waals surface area contributed by atoms with Crippen molar-refractivity contribution in [3.05, 3.63) is 35.0 Å². The van der Waals surface area contributed by atoms with Crippen molar-refractivity contribution in [2.24, 2.45) is 0 Å². The summed E-state index contributed by atoms with van der Waals surface area (Å²) in [5, 5.41) is 15.5. The highest BCUT2D eigenvalue weighted by Crippen LogP contribution is 2.32. The molecule has 2 aliphatic rings. The van der Waals surface area contributed by atoms with Crippen LogP contribution in [0.4, 0.5) is 22.1 Å². The summed E-state index contributed by atoms with van der Waals surface area (Å²) in [6.45, 7) is 7.19. The minimum Gasteiger partial charge on any atom is -0.481 e. The molecule has 0 bridgehead atoms. The number of piperazine rings is 1. The maximum atomic E-state index is 13.3. The van der Waals surface area contributed by atoms with Gasteiger partial charge in [-0.2, -0.15) is 22.9 Å². The SMILES string of the molecule is COc1nc2c(cc1CN1CCN(C)CC1=O)CCCN2C(=O)Nc1cc(NCC(C)(C)S)c(C#N)cn1. The average molecular weight is 539 g/mol.